The van der Waals surface area contributed by atoms with Gasteiger partial charge in [-0.25, -0.2) is 4.79 Å². The van der Waals surface area contributed by atoms with Gasteiger partial charge in [0.05, 0.1) is 32.9 Å². The van der Waals surface area contributed by atoms with E-state index in [2.05, 4.69) is 41.4 Å². The number of aldehydes is 1. The third kappa shape index (κ3) is 7.65. The minimum atomic E-state index is -0.108. The summed E-state index contributed by atoms with van der Waals surface area (Å²) in [6.45, 7) is 12.3. The number of methoxy groups -OCH3 is 1. The molecule has 3 heterocycles. The Hall–Kier alpha value is -3.27. The molecule has 0 saturated carbocycles. The number of hydrogen-bond acceptors (Lipinski definition) is 7. The molecule has 8 nitrogen and oxygen atoms in total. The zero-order valence-electron chi connectivity index (χ0n) is 24.1. The number of nitrogens with zero attached hydrogens (tertiary/aromatic N) is 3. The van der Waals surface area contributed by atoms with Crippen molar-refractivity contribution in [3.05, 3.63) is 53.2 Å². The van der Waals surface area contributed by atoms with Crippen molar-refractivity contribution < 1.29 is 14.3 Å². The van der Waals surface area contributed by atoms with Crippen molar-refractivity contribution in [2.24, 2.45) is 0 Å². The zero-order chi connectivity index (χ0) is 28.5. The summed E-state index contributed by atoms with van der Waals surface area (Å²) in [5.74, 6) is 0. The highest BCUT2D eigenvalue weighted by Crippen LogP contribution is 2.33. The summed E-state index contributed by atoms with van der Waals surface area (Å²) >= 11 is 1.41. The predicted molar refractivity (Wildman–Crippen MR) is 163 cm³/mol. The van der Waals surface area contributed by atoms with Crippen molar-refractivity contribution in [3.8, 4) is 0 Å². The zero-order valence-corrected chi connectivity index (χ0v) is 24.9. The number of fused-ring (bicyclic) bond motifs is 2. The minimum absolute atomic E-state index is 0.108. The Labute approximate surface area is 235 Å². The number of hydrogen-bond donors (Lipinski definition) is 2. The number of rotatable bonds is 10. The molecule has 4 aromatic rings. The van der Waals surface area contributed by atoms with E-state index in [4.69, 9.17) is 4.74 Å². The molecule has 9 heteroatoms. The van der Waals surface area contributed by atoms with Crippen LogP contribution in [0.5, 0.6) is 0 Å². The van der Waals surface area contributed by atoms with Gasteiger partial charge in [-0.1, -0.05) is 13.8 Å². The first-order valence-electron chi connectivity index (χ1n) is 13.4. The topological polar surface area (TPSA) is 88.5 Å². The first-order chi connectivity index (χ1) is 18.7. The van der Waals surface area contributed by atoms with Gasteiger partial charge >= 0.3 is 6.03 Å². The van der Waals surface area contributed by atoms with Gasteiger partial charge in [-0.15, -0.1) is 11.3 Å². The Morgan fingerprint density at radius 3 is 2.64 bits per heavy atom. The van der Waals surface area contributed by atoms with E-state index in [1.807, 2.05) is 51.1 Å². The van der Waals surface area contributed by atoms with E-state index in [-0.39, 0.29) is 12.1 Å². The van der Waals surface area contributed by atoms with Crippen LogP contribution in [0.4, 0.5) is 16.2 Å². The van der Waals surface area contributed by atoms with Crippen LogP contribution in [0.25, 0.3) is 21.1 Å². The van der Waals surface area contributed by atoms with Crippen molar-refractivity contribution >= 4 is 56.1 Å². The molecule has 1 amide bonds. The average molecular weight is 552 g/mol. The number of benzene rings is 1. The number of amides is 1. The Morgan fingerprint density at radius 1 is 1.21 bits per heavy atom. The number of anilines is 2. The molecule has 0 saturated heterocycles. The van der Waals surface area contributed by atoms with Crippen LogP contribution < -0.4 is 10.6 Å². The monoisotopic (exact) mass is 551 g/mol. The van der Waals surface area contributed by atoms with Crippen molar-refractivity contribution in [1.82, 2.24) is 19.8 Å². The normalized spacial score (nSPS) is 12.7. The number of nitrogens with one attached hydrogen (secondary N) is 2. The summed E-state index contributed by atoms with van der Waals surface area (Å²) in [6, 6.07) is 12.2. The average Bonchev–Trinajstić information content (AvgIpc) is 3.49. The Morgan fingerprint density at radius 2 is 1.97 bits per heavy atom. The molecule has 39 heavy (non-hydrogen) atoms. The Bertz CT molecular complexity index is 1390. The molecular formula is C30H41N5O3S. The summed E-state index contributed by atoms with van der Waals surface area (Å²) in [7, 11) is 3.88. The lowest BCUT2D eigenvalue weighted by Gasteiger charge is -2.22. The Balaban J connectivity index is 0.000000360. The highest BCUT2D eigenvalue weighted by molar-refractivity contribution is 7.21. The van der Waals surface area contributed by atoms with Crippen LogP contribution in [0.15, 0.2) is 42.6 Å². The lowest BCUT2D eigenvalue weighted by Crippen LogP contribution is -2.35. The first kappa shape index (κ1) is 30.3. The molecule has 2 atom stereocenters. The van der Waals surface area contributed by atoms with Gasteiger partial charge < -0.3 is 20.3 Å². The van der Waals surface area contributed by atoms with Gasteiger partial charge in [-0.3, -0.25) is 14.3 Å². The molecule has 2 N–H and O–H groups in total. The van der Waals surface area contributed by atoms with Gasteiger partial charge in [0.25, 0.3) is 0 Å². The molecule has 0 radical (unpaired) electrons. The lowest BCUT2D eigenvalue weighted by molar-refractivity contribution is 0.112. The number of aromatic nitrogens is 2. The van der Waals surface area contributed by atoms with Crippen LogP contribution in [0.2, 0.25) is 0 Å². The largest absolute Gasteiger partial charge is 0.383 e. The van der Waals surface area contributed by atoms with Gasteiger partial charge in [0.15, 0.2) is 6.29 Å². The fourth-order valence-corrected chi connectivity index (χ4v) is 5.19. The summed E-state index contributed by atoms with van der Waals surface area (Å²) in [5.41, 5.74) is 4.36. The summed E-state index contributed by atoms with van der Waals surface area (Å²) in [5, 5.41) is 7.43. The van der Waals surface area contributed by atoms with E-state index < -0.39 is 0 Å². The maximum absolute atomic E-state index is 12.7. The molecule has 0 aliphatic rings. The van der Waals surface area contributed by atoms with Crippen molar-refractivity contribution in [1.29, 1.82) is 0 Å². The molecule has 0 aliphatic heterocycles. The molecule has 0 aliphatic carbocycles. The number of carbonyl (C=O) groups excluding carboxylic acids is 2. The predicted octanol–water partition coefficient (Wildman–Crippen LogP) is 6.83. The lowest BCUT2D eigenvalue weighted by atomic mass is 10.2. The standard InChI is InChI=1S/C22H22N4O2S.C8H19NO/c1-4-13(2)24-22(28)26-14(3)9-15-10-16(5-6-20(15)26)25-18-7-8-23-19-11-17(12-27)29-21(18)19;1-5-6-9(3)8(2)7-10-4/h5-13H,4H2,1-3H3,(H,23,25)(H,24,28);8H,5-7H2,1-4H3. The number of pyridine rings is 1. The fraction of sp³-hybridized carbons (Fsp3) is 0.433. The smallest absolute Gasteiger partial charge is 0.326 e. The summed E-state index contributed by atoms with van der Waals surface area (Å²) < 4.78 is 7.68. The second-order valence-corrected chi connectivity index (χ2v) is 11.0. The van der Waals surface area contributed by atoms with Crippen molar-refractivity contribution in [3.63, 3.8) is 0 Å². The number of likely N-dealkylation sites (N-methyl/N-ethyl adjacent to an activating group) is 1. The van der Waals surface area contributed by atoms with Crippen molar-refractivity contribution in [2.75, 3.05) is 32.6 Å². The number of carbonyl (C=O) groups is 2. The molecule has 2 unspecified atom stereocenters. The second kappa shape index (κ2) is 14.2. The van der Waals surface area contributed by atoms with Gasteiger partial charge in [-0.2, -0.15) is 0 Å². The van der Waals surface area contributed by atoms with Crippen LogP contribution in [0.1, 0.15) is 55.9 Å². The minimum Gasteiger partial charge on any atom is -0.383 e. The Kier molecular flexibility index (Phi) is 11.0. The fourth-order valence-electron chi connectivity index (χ4n) is 4.29. The van der Waals surface area contributed by atoms with Crippen molar-refractivity contribution in [2.45, 2.75) is 59.5 Å². The quantitative estimate of drug-likeness (QED) is 0.210. The molecule has 3 aromatic heterocycles. The molecule has 1 aromatic carbocycles. The number of thiophene rings is 1. The van der Waals surface area contributed by atoms with Crippen LogP contribution in [0.3, 0.4) is 0 Å². The first-order valence-corrected chi connectivity index (χ1v) is 14.3. The summed E-state index contributed by atoms with van der Waals surface area (Å²) in [6.07, 6.45) is 4.67. The van der Waals surface area contributed by atoms with E-state index in [9.17, 15) is 9.59 Å². The summed E-state index contributed by atoms with van der Waals surface area (Å²) in [4.78, 5) is 31.0. The van der Waals surface area contributed by atoms with E-state index in [1.165, 1.54) is 17.8 Å². The van der Waals surface area contributed by atoms with E-state index in [1.54, 1.807) is 23.9 Å². The molecule has 210 valence electrons. The maximum atomic E-state index is 12.7. The van der Waals surface area contributed by atoms with E-state index in [0.717, 1.165) is 64.0 Å². The molecule has 4 rings (SSSR count). The third-order valence-electron chi connectivity index (χ3n) is 6.73. The van der Waals surface area contributed by atoms with Crippen LogP contribution in [-0.2, 0) is 4.74 Å². The molecule has 0 fully saturated rings. The van der Waals surface area contributed by atoms with Gasteiger partial charge in [0.2, 0.25) is 0 Å². The van der Waals surface area contributed by atoms with E-state index in [0.29, 0.717) is 10.9 Å². The number of ether oxygens (including phenoxy) is 1. The van der Waals surface area contributed by atoms with Gasteiger partial charge in [0.1, 0.15) is 0 Å². The second-order valence-electron chi connectivity index (χ2n) is 9.90. The highest BCUT2D eigenvalue weighted by atomic mass is 32.1. The SMILES string of the molecule is CCC(C)NC(=O)n1c(C)cc2cc(Nc3ccnc4cc(C=O)sc34)ccc21.CCCN(C)C(C)COC. The molecule has 0 bridgehead atoms. The van der Waals surface area contributed by atoms with E-state index >= 15 is 0 Å². The molecule has 0 spiro atoms. The third-order valence-corrected chi connectivity index (χ3v) is 7.82. The van der Waals surface area contributed by atoms with Gasteiger partial charge in [-0.05, 0) is 83.6 Å². The highest BCUT2D eigenvalue weighted by Gasteiger charge is 2.15. The van der Waals surface area contributed by atoms with Crippen LogP contribution >= 0.6 is 11.3 Å². The maximum Gasteiger partial charge on any atom is 0.326 e. The molecular weight excluding hydrogens is 510 g/mol. The van der Waals surface area contributed by atoms with Gasteiger partial charge in [0, 0.05) is 42.2 Å². The number of aryl methyl sites for hydroxylation is 1. The van der Waals surface area contributed by atoms with Crippen LogP contribution in [-0.4, -0.2) is 66.2 Å². The van der Waals surface area contributed by atoms with Crippen LogP contribution in [0, 0.1) is 6.92 Å².